The lowest BCUT2D eigenvalue weighted by Gasteiger charge is -2.36. The van der Waals surface area contributed by atoms with Crippen LogP contribution >= 0.6 is 0 Å². The van der Waals surface area contributed by atoms with E-state index in [-0.39, 0.29) is 30.8 Å². The number of para-hydroxylation sites is 1. The van der Waals surface area contributed by atoms with Gasteiger partial charge in [0.2, 0.25) is 5.91 Å². The minimum atomic E-state index is -1.00. The summed E-state index contributed by atoms with van der Waals surface area (Å²) in [4.78, 5) is 22.6. The van der Waals surface area contributed by atoms with Gasteiger partial charge in [-0.05, 0) is 42.9 Å². The molecule has 0 unspecified atom stereocenters. The molecule has 3 rings (SSSR count). The number of carboxylic acid groups (broad SMARTS) is 1. The fraction of sp³-hybridized carbons (Fsp3) is 0.391. The highest BCUT2D eigenvalue weighted by Crippen LogP contribution is 2.26. The fourth-order valence-electron chi connectivity index (χ4n) is 3.82. The van der Waals surface area contributed by atoms with Crippen molar-refractivity contribution in [2.45, 2.75) is 56.7 Å². The van der Waals surface area contributed by atoms with Gasteiger partial charge >= 0.3 is 5.97 Å². The highest BCUT2D eigenvalue weighted by Gasteiger charge is 2.33. The Hall–Kier alpha value is -2.86. The Morgan fingerprint density at radius 3 is 2.38 bits per heavy atom. The summed E-state index contributed by atoms with van der Waals surface area (Å²) < 4.78 is 0. The van der Waals surface area contributed by atoms with Gasteiger partial charge in [0, 0.05) is 12.1 Å². The number of hydrogen-bond acceptors (Lipinski definition) is 4. The third-order valence-electron chi connectivity index (χ3n) is 5.36. The third kappa shape index (κ3) is 6.06. The number of amides is 1. The Balaban J connectivity index is 1.64. The molecule has 1 amide bonds. The number of nitrogens with one attached hydrogen (secondary N) is 2. The molecule has 0 saturated heterocycles. The maximum absolute atomic E-state index is 12.0. The predicted molar refractivity (Wildman–Crippen MR) is 112 cm³/mol. The summed E-state index contributed by atoms with van der Waals surface area (Å²) in [6, 6.07) is 17.7. The SMILES string of the molecule is O=C(O)CCC(=O)N[C@@H]1CCC[C@@H](Nc2ccccc2Cc2ccccc2)[C@@H]1O. The zero-order valence-corrected chi connectivity index (χ0v) is 16.4. The average molecular weight is 396 g/mol. The van der Waals surface area contributed by atoms with Crippen molar-refractivity contribution in [3.8, 4) is 0 Å². The zero-order chi connectivity index (χ0) is 20.6. The summed E-state index contributed by atoms with van der Waals surface area (Å²) in [6.45, 7) is 0. The molecule has 0 heterocycles. The van der Waals surface area contributed by atoms with Gasteiger partial charge in [-0.1, -0.05) is 48.5 Å². The van der Waals surface area contributed by atoms with Crippen molar-refractivity contribution >= 4 is 17.6 Å². The van der Waals surface area contributed by atoms with Crippen LogP contribution in [0.25, 0.3) is 0 Å². The molecule has 2 aromatic rings. The molecule has 4 N–H and O–H groups in total. The van der Waals surface area contributed by atoms with Crippen molar-refractivity contribution in [3.63, 3.8) is 0 Å². The molecule has 0 aliphatic heterocycles. The van der Waals surface area contributed by atoms with E-state index in [4.69, 9.17) is 5.11 Å². The molecule has 1 fully saturated rings. The highest BCUT2D eigenvalue weighted by molar-refractivity contribution is 5.80. The smallest absolute Gasteiger partial charge is 0.303 e. The topological polar surface area (TPSA) is 98.7 Å². The van der Waals surface area contributed by atoms with E-state index in [1.54, 1.807) is 0 Å². The lowest BCUT2D eigenvalue weighted by atomic mass is 9.87. The van der Waals surface area contributed by atoms with Gasteiger partial charge in [0.05, 0.1) is 24.6 Å². The van der Waals surface area contributed by atoms with Crippen LogP contribution in [0.4, 0.5) is 5.69 Å². The second kappa shape index (κ2) is 10.1. The standard InChI is InChI=1S/C23H28N2O4/c26-21(13-14-22(27)28)25-20-12-6-11-19(23(20)29)24-18-10-5-4-9-17(18)15-16-7-2-1-3-8-16/h1-5,7-10,19-20,23-24,29H,6,11-15H2,(H,25,26)(H,27,28)/t19-,20-,23+/m1/s1. The molecule has 1 aliphatic carbocycles. The van der Waals surface area contributed by atoms with E-state index in [0.717, 1.165) is 30.5 Å². The van der Waals surface area contributed by atoms with Gasteiger partial charge in [0.25, 0.3) is 0 Å². The molecule has 1 aliphatic rings. The van der Waals surface area contributed by atoms with Crippen molar-refractivity contribution in [1.82, 2.24) is 5.32 Å². The number of carboxylic acids is 1. The summed E-state index contributed by atoms with van der Waals surface area (Å²) in [5.41, 5.74) is 3.35. The first-order valence-electron chi connectivity index (χ1n) is 10.1. The molecule has 0 aromatic heterocycles. The zero-order valence-electron chi connectivity index (χ0n) is 16.4. The Morgan fingerprint density at radius 1 is 0.931 bits per heavy atom. The summed E-state index contributed by atoms with van der Waals surface area (Å²) in [6.07, 6.45) is 2.15. The van der Waals surface area contributed by atoms with E-state index in [2.05, 4.69) is 28.8 Å². The van der Waals surface area contributed by atoms with Crippen molar-refractivity contribution in [3.05, 3.63) is 65.7 Å². The molecule has 6 heteroatoms. The van der Waals surface area contributed by atoms with E-state index in [1.807, 2.05) is 36.4 Å². The molecule has 6 nitrogen and oxygen atoms in total. The van der Waals surface area contributed by atoms with Gasteiger partial charge in [-0.3, -0.25) is 9.59 Å². The Kier molecular flexibility index (Phi) is 7.25. The van der Waals surface area contributed by atoms with Gasteiger partial charge in [-0.2, -0.15) is 0 Å². The summed E-state index contributed by atoms with van der Waals surface area (Å²) in [5.74, 6) is -1.33. The molecular weight excluding hydrogens is 368 g/mol. The van der Waals surface area contributed by atoms with Crippen LogP contribution < -0.4 is 10.6 Å². The normalized spacial score (nSPS) is 21.3. The number of carbonyl (C=O) groups excluding carboxylic acids is 1. The van der Waals surface area contributed by atoms with Crippen molar-refractivity contribution in [1.29, 1.82) is 0 Å². The summed E-state index contributed by atoms with van der Waals surface area (Å²) in [7, 11) is 0. The van der Waals surface area contributed by atoms with E-state index in [1.165, 1.54) is 5.56 Å². The monoisotopic (exact) mass is 396 g/mol. The Bertz CT molecular complexity index is 825. The number of anilines is 1. The summed E-state index contributed by atoms with van der Waals surface area (Å²) >= 11 is 0. The first-order chi connectivity index (χ1) is 14.0. The number of aliphatic hydroxyl groups excluding tert-OH is 1. The second-order valence-electron chi connectivity index (χ2n) is 7.56. The third-order valence-corrected chi connectivity index (χ3v) is 5.36. The maximum atomic E-state index is 12.0. The number of benzene rings is 2. The first kappa shape index (κ1) is 20.9. The van der Waals surface area contributed by atoms with Crippen LogP contribution in [0.2, 0.25) is 0 Å². The number of aliphatic carboxylic acids is 1. The average Bonchev–Trinajstić information content (AvgIpc) is 2.71. The van der Waals surface area contributed by atoms with E-state index >= 15 is 0 Å². The Labute approximate surface area is 171 Å². The second-order valence-corrected chi connectivity index (χ2v) is 7.56. The molecule has 0 bridgehead atoms. The van der Waals surface area contributed by atoms with Crippen LogP contribution in [0.3, 0.4) is 0 Å². The van der Waals surface area contributed by atoms with Crippen LogP contribution in [0.5, 0.6) is 0 Å². The van der Waals surface area contributed by atoms with Crippen molar-refractivity contribution in [2.24, 2.45) is 0 Å². The Morgan fingerprint density at radius 2 is 1.62 bits per heavy atom. The molecule has 3 atom stereocenters. The van der Waals surface area contributed by atoms with Crippen LogP contribution in [-0.4, -0.2) is 40.3 Å². The lowest BCUT2D eigenvalue weighted by molar-refractivity contribution is -0.139. The number of rotatable bonds is 8. The molecule has 0 spiro atoms. The van der Waals surface area contributed by atoms with Crippen LogP contribution in [-0.2, 0) is 16.0 Å². The highest BCUT2D eigenvalue weighted by atomic mass is 16.4. The van der Waals surface area contributed by atoms with E-state index in [0.29, 0.717) is 6.42 Å². The molecule has 154 valence electrons. The quantitative estimate of drug-likeness (QED) is 0.550. The van der Waals surface area contributed by atoms with Gasteiger partial charge in [0.15, 0.2) is 0 Å². The van der Waals surface area contributed by atoms with Crippen LogP contribution in [0.1, 0.15) is 43.2 Å². The van der Waals surface area contributed by atoms with Gasteiger partial charge < -0.3 is 20.8 Å². The number of aliphatic hydroxyl groups is 1. The lowest BCUT2D eigenvalue weighted by Crippen LogP contribution is -2.53. The number of hydrogen-bond donors (Lipinski definition) is 4. The first-order valence-corrected chi connectivity index (χ1v) is 10.1. The molecule has 0 radical (unpaired) electrons. The predicted octanol–water partition coefficient (Wildman–Crippen LogP) is 2.95. The van der Waals surface area contributed by atoms with Crippen molar-refractivity contribution < 1.29 is 19.8 Å². The maximum Gasteiger partial charge on any atom is 0.303 e. The largest absolute Gasteiger partial charge is 0.481 e. The fourth-order valence-corrected chi connectivity index (χ4v) is 3.82. The van der Waals surface area contributed by atoms with Gasteiger partial charge in [-0.15, -0.1) is 0 Å². The summed E-state index contributed by atoms with van der Waals surface area (Å²) in [5, 5.41) is 25.8. The molecule has 29 heavy (non-hydrogen) atoms. The molecule has 1 saturated carbocycles. The van der Waals surface area contributed by atoms with E-state index in [9.17, 15) is 14.7 Å². The van der Waals surface area contributed by atoms with E-state index < -0.39 is 12.1 Å². The van der Waals surface area contributed by atoms with Gasteiger partial charge in [-0.25, -0.2) is 0 Å². The van der Waals surface area contributed by atoms with Crippen LogP contribution in [0, 0.1) is 0 Å². The van der Waals surface area contributed by atoms with Gasteiger partial charge in [0.1, 0.15) is 0 Å². The van der Waals surface area contributed by atoms with Crippen molar-refractivity contribution in [2.75, 3.05) is 5.32 Å². The molecular formula is C23H28N2O4. The molecule has 2 aromatic carbocycles. The van der Waals surface area contributed by atoms with Crippen LogP contribution in [0.15, 0.2) is 54.6 Å². The minimum absolute atomic E-state index is 0.0729. The minimum Gasteiger partial charge on any atom is -0.481 e. The number of carbonyl (C=O) groups is 2.